The third-order valence-electron chi connectivity index (χ3n) is 5.45. The van der Waals surface area contributed by atoms with Gasteiger partial charge in [-0.15, -0.1) is 0 Å². The molecular formula is C18H24N2O. The van der Waals surface area contributed by atoms with Crippen LogP contribution in [0, 0.1) is 18.8 Å². The summed E-state index contributed by atoms with van der Waals surface area (Å²) in [7, 11) is 0. The zero-order chi connectivity index (χ0) is 14.6. The van der Waals surface area contributed by atoms with Gasteiger partial charge in [0.2, 0.25) is 5.91 Å². The maximum atomic E-state index is 12.8. The van der Waals surface area contributed by atoms with Crippen LogP contribution in [0.2, 0.25) is 0 Å². The van der Waals surface area contributed by atoms with Crippen LogP contribution < -0.4 is 5.32 Å². The summed E-state index contributed by atoms with van der Waals surface area (Å²) in [5, 5.41) is 3.62. The van der Waals surface area contributed by atoms with Gasteiger partial charge in [-0.2, -0.15) is 0 Å². The van der Waals surface area contributed by atoms with Gasteiger partial charge < -0.3 is 4.90 Å². The minimum Gasteiger partial charge on any atom is -0.321 e. The van der Waals surface area contributed by atoms with Crippen LogP contribution in [0.15, 0.2) is 24.3 Å². The number of amides is 1. The number of nitrogens with zero attached hydrogens (tertiary/aromatic N) is 1. The maximum Gasteiger partial charge on any atom is 0.244 e. The average Bonchev–Trinajstić information content (AvgIpc) is 3.36. The second-order valence-corrected chi connectivity index (χ2v) is 7.31. The van der Waals surface area contributed by atoms with Crippen LogP contribution in [0.5, 0.6) is 0 Å². The van der Waals surface area contributed by atoms with E-state index >= 15 is 0 Å². The molecule has 0 bridgehead atoms. The van der Waals surface area contributed by atoms with Crippen LogP contribution in [-0.4, -0.2) is 22.9 Å². The number of hydrogen-bond acceptors (Lipinski definition) is 2. The smallest absolute Gasteiger partial charge is 0.244 e. The van der Waals surface area contributed by atoms with E-state index in [2.05, 4.69) is 48.3 Å². The van der Waals surface area contributed by atoms with E-state index in [0.717, 1.165) is 25.3 Å². The van der Waals surface area contributed by atoms with E-state index in [-0.39, 0.29) is 11.7 Å². The van der Waals surface area contributed by atoms with E-state index in [4.69, 9.17) is 0 Å². The number of aryl methyl sites for hydroxylation is 1. The monoisotopic (exact) mass is 284 g/mol. The van der Waals surface area contributed by atoms with Crippen molar-refractivity contribution < 1.29 is 4.79 Å². The van der Waals surface area contributed by atoms with Crippen molar-refractivity contribution in [1.82, 2.24) is 10.2 Å². The Balaban J connectivity index is 1.60. The highest BCUT2D eigenvalue weighted by Crippen LogP contribution is 2.47. The summed E-state index contributed by atoms with van der Waals surface area (Å²) in [5.41, 5.74) is 2.27. The second-order valence-electron chi connectivity index (χ2n) is 7.31. The first kappa shape index (κ1) is 13.3. The summed E-state index contributed by atoms with van der Waals surface area (Å²) in [6.07, 6.45) is 4.76. The Morgan fingerprint density at radius 3 is 2.52 bits per heavy atom. The molecule has 3 heteroatoms. The first-order valence-corrected chi connectivity index (χ1v) is 8.24. The minimum absolute atomic E-state index is 0.0711. The maximum absolute atomic E-state index is 12.8. The lowest BCUT2D eigenvalue weighted by Crippen LogP contribution is -2.35. The van der Waals surface area contributed by atoms with Crippen LogP contribution in [0.4, 0.5) is 0 Å². The lowest BCUT2D eigenvalue weighted by Gasteiger charge is -2.27. The van der Waals surface area contributed by atoms with E-state index in [0.29, 0.717) is 11.8 Å². The number of benzene rings is 1. The Kier molecular flexibility index (Phi) is 2.90. The Hall–Kier alpha value is -1.35. The van der Waals surface area contributed by atoms with Gasteiger partial charge in [0.15, 0.2) is 0 Å². The van der Waals surface area contributed by atoms with Crippen LogP contribution in [0.25, 0.3) is 0 Å². The SMILES string of the molecule is Cc1ccc(C2NC3(CC3)C(=O)N2CC(C)C2CC2)cc1. The van der Waals surface area contributed by atoms with Crippen LogP contribution in [0.3, 0.4) is 0 Å². The summed E-state index contributed by atoms with van der Waals surface area (Å²) in [5.74, 6) is 1.80. The molecule has 2 aliphatic carbocycles. The zero-order valence-electron chi connectivity index (χ0n) is 12.9. The Morgan fingerprint density at radius 2 is 1.95 bits per heavy atom. The first-order valence-electron chi connectivity index (χ1n) is 8.24. The fourth-order valence-electron chi connectivity index (χ4n) is 3.60. The van der Waals surface area contributed by atoms with E-state index in [9.17, 15) is 4.79 Å². The van der Waals surface area contributed by atoms with Crippen molar-refractivity contribution in [2.75, 3.05) is 6.54 Å². The normalized spacial score (nSPS) is 28.2. The van der Waals surface area contributed by atoms with Crippen molar-refractivity contribution in [3.05, 3.63) is 35.4 Å². The highest BCUT2D eigenvalue weighted by molar-refractivity contribution is 5.92. The Bertz CT molecular complexity index is 557. The van der Waals surface area contributed by atoms with Crippen molar-refractivity contribution in [3.8, 4) is 0 Å². The summed E-state index contributed by atoms with van der Waals surface area (Å²) >= 11 is 0. The molecule has 1 aromatic carbocycles. The van der Waals surface area contributed by atoms with Gasteiger partial charge in [0.05, 0.1) is 0 Å². The van der Waals surface area contributed by atoms with Gasteiger partial charge in [-0.3, -0.25) is 10.1 Å². The third kappa shape index (κ3) is 2.28. The summed E-state index contributed by atoms with van der Waals surface area (Å²) in [6, 6.07) is 8.61. The number of carbonyl (C=O) groups excluding carboxylic acids is 1. The number of nitrogens with one attached hydrogen (secondary N) is 1. The molecule has 3 fully saturated rings. The second kappa shape index (κ2) is 4.57. The molecule has 112 valence electrons. The summed E-state index contributed by atoms with van der Waals surface area (Å²) in [6.45, 7) is 5.30. The molecule has 1 spiro atoms. The first-order chi connectivity index (χ1) is 10.1. The highest BCUT2D eigenvalue weighted by atomic mass is 16.2. The molecule has 4 rings (SSSR count). The lowest BCUT2D eigenvalue weighted by atomic mass is 10.0. The van der Waals surface area contributed by atoms with Gasteiger partial charge >= 0.3 is 0 Å². The van der Waals surface area contributed by atoms with Crippen LogP contribution in [0.1, 0.15) is 49.9 Å². The molecule has 3 aliphatic rings. The molecule has 1 amide bonds. The van der Waals surface area contributed by atoms with Gasteiger partial charge in [-0.1, -0.05) is 36.8 Å². The molecule has 1 N–H and O–H groups in total. The van der Waals surface area contributed by atoms with Gasteiger partial charge in [0, 0.05) is 6.54 Å². The zero-order valence-corrected chi connectivity index (χ0v) is 12.9. The van der Waals surface area contributed by atoms with Crippen molar-refractivity contribution in [1.29, 1.82) is 0 Å². The summed E-state index contributed by atoms with van der Waals surface area (Å²) in [4.78, 5) is 14.9. The molecule has 2 atom stereocenters. The Morgan fingerprint density at radius 1 is 1.29 bits per heavy atom. The van der Waals surface area contributed by atoms with Crippen molar-refractivity contribution >= 4 is 5.91 Å². The molecule has 3 nitrogen and oxygen atoms in total. The third-order valence-corrected chi connectivity index (χ3v) is 5.45. The number of carbonyl (C=O) groups is 1. The molecule has 2 unspecified atom stereocenters. The predicted octanol–water partition coefficient (Wildman–Crippen LogP) is 3.00. The molecule has 1 aliphatic heterocycles. The number of rotatable bonds is 4. The largest absolute Gasteiger partial charge is 0.321 e. The van der Waals surface area contributed by atoms with E-state index in [1.54, 1.807) is 0 Å². The number of hydrogen-bond donors (Lipinski definition) is 1. The molecule has 1 aromatic rings. The van der Waals surface area contributed by atoms with Crippen molar-refractivity contribution in [2.45, 2.75) is 51.2 Å². The molecular weight excluding hydrogens is 260 g/mol. The van der Waals surface area contributed by atoms with Crippen LogP contribution in [-0.2, 0) is 4.79 Å². The van der Waals surface area contributed by atoms with Gasteiger partial charge in [0.25, 0.3) is 0 Å². The lowest BCUT2D eigenvalue weighted by molar-refractivity contribution is -0.131. The fraction of sp³-hybridized carbons (Fsp3) is 0.611. The summed E-state index contributed by atoms with van der Waals surface area (Å²) < 4.78 is 0. The molecule has 1 saturated heterocycles. The topological polar surface area (TPSA) is 32.3 Å². The fourth-order valence-corrected chi connectivity index (χ4v) is 3.60. The Labute approximate surface area is 126 Å². The van der Waals surface area contributed by atoms with E-state index in [1.807, 2.05) is 0 Å². The molecule has 0 radical (unpaired) electrons. The average molecular weight is 284 g/mol. The van der Waals surface area contributed by atoms with E-state index in [1.165, 1.54) is 24.0 Å². The van der Waals surface area contributed by atoms with E-state index < -0.39 is 0 Å². The quantitative estimate of drug-likeness (QED) is 0.922. The van der Waals surface area contributed by atoms with Crippen LogP contribution >= 0.6 is 0 Å². The molecule has 0 aromatic heterocycles. The molecule has 2 saturated carbocycles. The van der Waals surface area contributed by atoms with Gasteiger partial charge in [-0.05, 0) is 50.0 Å². The van der Waals surface area contributed by atoms with Gasteiger partial charge in [0.1, 0.15) is 11.7 Å². The van der Waals surface area contributed by atoms with Crippen molar-refractivity contribution in [2.24, 2.45) is 11.8 Å². The molecule has 21 heavy (non-hydrogen) atoms. The van der Waals surface area contributed by atoms with Gasteiger partial charge in [-0.25, -0.2) is 0 Å². The van der Waals surface area contributed by atoms with Crippen molar-refractivity contribution in [3.63, 3.8) is 0 Å². The minimum atomic E-state index is -0.223. The highest BCUT2D eigenvalue weighted by Gasteiger charge is 2.59. The predicted molar refractivity (Wildman–Crippen MR) is 82.6 cm³/mol. The standard InChI is InChI=1S/C18H24N2O/c1-12-3-5-15(6-4-12)16-19-18(9-10-18)17(21)20(16)11-13(2)14-7-8-14/h3-6,13-14,16,19H,7-11H2,1-2H3. The molecule has 1 heterocycles.